The molecule has 0 bridgehead atoms. The number of hydrogen-bond donors (Lipinski definition) is 4. The molecule has 2 aromatic rings. The number of phenols is 1. The number of benzene rings is 1. The molecule has 154 valence electrons. The average Bonchev–Trinajstić information content (AvgIpc) is 2.89. The molecule has 3 rings (SSSR count). The van der Waals surface area contributed by atoms with Crippen LogP contribution in [-0.2, 0) is 16.1 Å². The highest BCUT2D eigenvalue weighted by atomic mass is 16.4. The Morgan fingerprint density at radius 3 is 2.32 bits per heavy atom. The van der Waals surface area contributed by atoms with Crippen LogP contribution in [0.4, 0.5) is 0 Å². The molecule has 1 aromatic heterocycles. The minimum atomic E-state index is -0.833. The predicted octanol–water partition coefficient (Wildman–Crippen LogP) is 2.97. The Kier molecular flexibility index (Phi) is 10.3. The van der Waals surface area contributed by atoms with Gasteiger partial charge >= 0.3 is 0 Å². The van der Waals surface area contributed by atoms with Gasteiger partial charge < -0.3 is 25.2 Å². The lowest BCUT2D eigenvalue weighted by molar-refractivity contribution is -0.135. The zero-order valence-electron chi connectivity index (χ0n) is 16.3. The van der Waals surface area contributed by atoms with Gasteiger partial charge in [-0.1, -0.05) is 12.8 Å². The van der Waals surface area contributed by atoms with Crippen LogP contribution in [0.2, 0.25) is 0 Å². The average molecular weight is 391 g/mol. The molecule has 1 aliphatic rings. The van der Waals surface area contributed by atoms with E-state index in [1.807, 2.05) is 24.5 Å². The number of nitrogens with zero attached hydrogens (tertiary/aromatic N) is 2. The number of nitrogens with one attached hydrogen (secondary N) is 1. The van der Waals surface area contributed by atoms with Gasteiger partial charge in [0.25, 0.3) is 11.9 Å². The zero-order valence-corrected chi connectivity index (χ0v) is 16.3. The van der Waals surface area contributed by atoms with E-state index in [1.54, 1.807) is 12.1 Å². The smallest absolute Gasteiger partial charge is 0.300 e. The van der Waals surface area contributed by atoms with E-state index in [4.69, 9.17) is 19.8 Å². The summed E-state index contributed by atoms with van der Waals surface area (Å²) >= 11 is 0. The van der Waals surface area contributed by atoms with Gasteiger partial charge in [0.15, 0.2) is 0 Å². The molecule has 0 aliphatic carbocycles. The third-order valence-electron chi connectivity index (χ3n) is 3.92. The highest BCUT2D eigenvalue weighted by Crippen LogP contribution is 2.21. The normalized spacial score (nSPS) is 15.9. The van der Waals surface area contributed by atoms with Crippen molar-refractivity contribution in [1.29, 1.82) is 0 Å². The highest BCUT2D eigenvalue weighted by Gasteiger charge is 2.14. The molecule has 1 aromatic carbocycles. The van der Waals surface area contributed by atoms with Crippen LogP contribution < -0.4 is 5.32 Å². The maximum Gasteiger partial charge on any atom is 0.300 e. The number of aromatic nitrogens is 2. The molecule has 1 aliphatic heterocycles. The second kappa shape index (κ2) is 12.5. The Balaban J connectivity index is 0.000000420. The van der Waals surface area contributed by atoms with E-state index in [2.05, 4.69) is 14.9 Å². The molecule has 8 heteroatoms. The lowest BCUT2D eigenvalue weighted by Crippen LogP contribution is -2.32. The van der Waals surface area contributed by atoms with Crippen LogP contribution in [0, 0.1) is 0 Å². The van der Waals surface area contributed by atoms with E-state index >= 15 is 0 Å². The minimum absolute atomic E-state index is 0.289. The molecule has 8 nitrogen and oxygen atoms in total. The SMILES string of the molecule is CC(=O)O.CC(=O)O.Oc1ccc(-c2nccn2CC2CCCCCN2)cc1. The summed E-state index contributed by atoms with van der Waals surface area (Å²) in [4.78, 5) is 22.5. The Bertz CT molecular complexity index is 700. The maximum absolute atomic E-state index is 9.38. The second-order valence-electron chi connectivity index (χ2n) is 6.49. The first-order chi connectivity index (χ1) is 13.3. The van der Waals surface area contributed by atoms with Gasteiger partial charge in [-0.15, -0.1) is 0 Å². The van der Waals surface area contributed by atoms with Crippen LogP contribution in [0.1, 0.15) is 39.5 Å². The maximum atomic E-state index is 9.38. The van der Waals surface area contributed by atoms with Crippen molar-refractivity contribution in [2.75, 3.05) is 6.54 Å². The van der Waals surface area contributed by atoms with Gasteiger partial charge in [0, 0.05) is 44.4 Å². The first-order valence-electron chi connectivity index (χ1n) is 9.22. The number of aromatic hydroxyl groups is 1. The second-order valence-corrected chi connectivity index (χ2v) is 6.49. The molecule has 0 radical (unpaired) electrons. The topological polar surface area (TPSA) is 125 Å². The van der Waals surface area contributed by atoms with Gasteiger partial charge in [-0.3, -0.25) is 9.59 Å². The van der Waals surface area contributed by atoms with E-state index < -0.39 is 11.9 Å². The molecule has 1 saturated heterocycles. The fourth-order valence-corrected chi connectivity index (χ4v) is 2.82. The fraction of sp³-hybridized carbons (Fsp3) is 0.450. The first-order valence-corrected chi connectivity index (χ1v) is 9.22. The molecule has 0 spiro atoms. The summed E-state index contributed by atoms with van der Waals surface area (Å²) in [5.41, 5.74) is 1.04. The number of carbonyl (C=O) groups is 2. The molecule has 4 N–H and O–H groups in total. The van der Waals surface area contributed by atoms with Gasteiger partial charge in [0.1, 0.15) is 11.6 Å². The van der Waals surface area contributed by atoms with E-state index in [1.165, 1.54) is 25.7 Å². The number of carboxylic acids is 2. The van der Waals surface area contributed by atoms with Crippen LogP contribution in [0.15, 0.2) is 36.7 Å². The van der Waals surface area contributed by atoms with Crippen molar-refractivity contribution in [3.05, 3.63) is 36.7 Å². The third kappa shape index (κ3) is 9.72. The van der Waals surface area contributed by atoms with Crippen LogP contribution in [0.25, 0.3) is 11.4 Å². The lowest BCUT2D eigenvalue weighted by Gasteiger charge is -2.18. The number of hydrogen-bond acceptors (Lipinski definition) is 5. The van der Waals surface area contributed by atoms with Gasteiger partial charge in [-0.05, 0) is 43.7 Å². The number of rotatable bonds is 3. The molecular weight excluding hydrogens is 362 g/mol. The van der Waals surface area contributed by atoms with Crippen molar-refractivity contribution < 1.29 is 24.9 Å². The number of phenolic OH excluding ortho intramolecular Hbond substituents is 1. The monoisotopic (exact) mass is 391 g/mol. The predicted molar refractivity (Wildman–Crippen MR) is 106 cm³/mol. The van der Waals surface area contributed by atoms with Gasteiger partial charge in [0.05, 0.1) is 0 Å². The summed E-state index contributed by atoms with van der Waals surface area (Å²) in [6, 6.07) is 7.77. The van der Waals surface area contributed by atoms with E-state index in [9.17, 15) is 5.11 Å². The van der Waals surface area contributed by atoms with Crippen LogP contribution in [0.3, 0.4) is 0 Å². The molecule has 2 heterocycles. The molecule has 1 atom stereocenters. The van der Waals surface area contributed by atoms with Crippen molar-refractivity contribution in [3.8, 4) is 17.1 Å². The molecule has 1 fully saturated rings. The van der Waals surface area contributed by atoms with E-state index in [-0.39, 0.29) is 5.75 Å². The van der Waals surface area contributed by atoms with Crippen molar-refractivity contribution in [2.45, 2.75) is 52.1 Å². The largest absolute Gasteiger partial charge is 0.508 e. The van der Waals surface area contributed by atoms with Gasteiger partial charge in [-0.25, -0.2) is 4.98 Å². The summed E-state index contributed by atoms with van der Waals surface area (Å²) in [6.07, 6.45) is 9.03. The molecule has 0 amide bonds. The third-order valence-corrected chi connectivity index (χ3v) is 3.92. The summed E-state index contributed by atoms with van der Waals surface area (Å²) < 4.78 is 2.20. The van der Waals surface area contributed by atoms with Crippen molar-refractivity contribution in [3.63, 3.8) is 0 Å². The molecule has 1 unspecified atom stereocenters. The Morgan fingerprint density at radius 2 is 1.71 bits per heavy atom. The van der Waals surface area contributed by atoms with Crippen molar-refractivity contribution in [1.82, 2.24) is 14.9 Å². The molecular formula is C20H29N3O5. The van der Waals surface area contributed by atoms with E-state index in [0.717, 1.165) is 38.3 Å². The Labute approximate surface area is 164 Å². The Hall–Kier alpha value is -2.87. The summed E-state index contributed by atoms with van der Waals surface area (Å²) in [7, 11) is 0. The summed E-state index contributed by atoms with van der Waals surface area (Å²) in [5, 5.41) is 27.8. The Morgan fingerprint density at radius 1 is 1.11 bits per heavy atom. The first kappa shape index (κ1) is 23.2. The number of imidazole rings is 1. The standard InChI is InChI=1S/C16H21N3O.2C2H4O2/c20-15-7-5-13(6-8-15)16-18-10-11-19(16)12-14-4-2-1-3-9-17-14;2*1-2(3)4/h5-8,10-11,14,17,20H,1-4,9,12H2;2*1H3,(H,3,4). The number of aliphatic carboxylic acids is 2. The zero-order chi connectivity index (χ0) is 20.9. The van der Waals surface area contributed by atoms with E-state index in [0.29, 0.717) is 6.04 Å². The van der Waals surface area contributed by atoms with Crippen LogP contribution >= 0.6 is 0 Å². The van der Waals surface area contributed by atoms with Crippen molar-refractivity contribution >= 4 is 11.9 Å². The summed E-state index contributed by atoms with van der Waals surface area (Å²) in [6.45, 7) is 4.24. The van der Waals surface area contributed by atoms with Gasteiger partial charge in [0.2, 0.25) is 0 Å². The van der Waals surface area contributed by atoms with Crippen molar-refractivity contribution in [2.24, 2.45) is 0 Å². The molecule has 28 heavy (non-hydrogen) atoms. The number of carboxylic acid groups (broad SMARTS) is 2. The fourth-order valence-electron chi connectivity index (χ4n) is 2.82. The van der Waals surface area contributed by atoms with Crippen LogP contribution in [-0.4, -0.2) is 49.4 Å². The lowest BCUT2D eigenvalue weighted by atomic mass is 10.1. The minimum Gasteiger partial charge on any atom is -0.508 e. The molecule has 0 saturated carbocycles. The summed E-state index contributed by atoms with van der Waals surface area (Å²) in [5.74, 6) is -0.409. The quantitative estimate of drug-likeness (QED) is 0.634. The van der Waals surface area contributed by atoms with Gasteiger partial charge in [-0.2, -0.15) is 0 Å². The van der Waals surface area contributed by atoms with Crippen LogP contribution in [0.5, 0.6) is 5.75 Å². The highest BCUT2D eigenvalue weighted by molar-refractivity contribution is 5.63.